The van der Waals surface area contributed by atoms with Crippen molar-refractivity contribution < 1.29 is 0 Å². The highest BCUT2D eigenvalue weighted by atomic mass is 32.1. The van der Waals surface area contributed by atoms with Gasteiger partial charge in [-0.15, -0.1) is 22.7 Å². The summed E-state index contributed by atoms with van der Waals surface area (Å²) in [5.41, 5.74) is 11.6. The summed E-state index contributed by atoms with van der Waals surface area (Å²) in [6, 6.07) is 52.1. The molecule has 0 amide bonds. The molecule has 3 heterocycles. The first-order chi connectivity index (χ1) is 24.8. The fourth-order valence-electron chi connectivity index (χ4n) is 8.58. The van der Waals surface area contributed by atoms with E-state index < -0.39 is 0 Å². The van der Waals surface area contributed by atoms with Crippen molar-refractivity contribution >= 4 is 79.5 Å². The molecule has 0 N–H and O–H groups in total. The third-order valence-electron chi connectivity index (χ3n) is 10.9. The number of hydrogen-bond acceptors (Lipinski definition) is 3. The molecule has 1 unspecified atom stereocenters. The molecule has 1 aliphatic carbocycles. The zero-order valence-corrected chi connectivity index (χ0v) is 29.0. The van der Waals surface area contributed by atoms with E-state index in [1.807, 2.05) is 22.7 Å². The van der Waals surface area contributed by atoms with Crippen LogP contribution in [0.1, 0.15) is 40.2 Å². The Balaban J connectivity index is 1.13. The van der Waals surface area contributed by atoms with Gasteiger partial charge in [0.05, 0.1) is 5.71 Å². The third kappa shape index (κ3) is 4.33. The summed E-state index contributed by atoms with van der Waals surface area (Å²) < 4.78 is 5.36. The number of fused-ring (bicyclic) bond motifs is 12. The molecule has 9 aromatic rings. The first-order valence-corrected chi connectivity index (χ1v) is 19.1. The molecule has 11 rings (SSSR count). The quantitative estimate of drug-likeness (QED) is 0.173. The second kappa shape index (κ2) is 11.1. The standard InChI is InChI=1S/C47H31NS2/c1-2-12-30-27-44-39(24-29(30)11-1)38-26-32(20-22-42(38)50-44)47-34-16-6-3-10-28(34)14-9-18-40(48-47)37-25-31-13-4-5-15-33(31)45-35(37)21-23-43-46(45)36-17-7-8-19-41(36)49-43/h1-8,10-13,15-24,26-27,37H,9,14,25H2. The fourth-order valence-corrected chi connectivity index (χ4v) is 10.8. The fraction of sp³-hybridized carbons (Fsp3) is 0.0851. The van der Waals surface area contributed by atoms with Gasteiger partial charge >= 0.3 is 0 Å². The molecule has 1 aliphatic heterocycles. The second-order valence-corrected chi connectivity index (χ2v) is 15.9. The maximum absolute atomic E-state index is 5.78. The van der Waals surface area contributed by atoms with E-state index in [0.29, 0.717) is 0 Å². The van der Waals surface area contributed by atoms with Crippen LogP contribution < -0.4 is 0 Å². The van der Waals surface area contributed by atoms with Crippen LogP contribution in [0.4, 0.5) is 0 Å². The first kappa shape index (κ1) is 28.5. The molecule has 0 bridgehead atoms. The number of benzene rings is 7. The minimum atomic E-state index is 0.167. The van der Waals surface area contributed by atoms with Crippen molar-refractivity contribution in [3.63, 3.8) is 0 Å². The molecule has 236 valence electrons. The Morgan fingerprint density at radius 1 is 0.540 bits per heavy atom. The molecule has 0 fully saturated rings. The van der Waals surface area contributed by atoms with E-state index in [1.165, 1.54) is 95.8 Å². The molecule has 0 radical (unpaired) electrons. The van der Waals surface area contributed by atoms with Crippen molar-refractivity contribution in [2.45, 2.75) is 25.2 Å². The summed E-state index contributed by atoms with van der Waals surface area (Å²) >= 11 is 3.79. The van der Waals surface area contributed by atoms with Crippen LogP contribution in [-0.4, -0.2) is 5.71 Å². The minimum Gasteiger partial charge on any atom is -0.252 e. The molecular formula is C47H31NS2. The normalized spacial score (nSPS) is 15.8. The first-order valence-electron chi connectivity index (χ1n) is 17.5. The molecule has 7 aromatic carbocycles. The van der Waals surface area contributed by atoms with Gasteiger partial charge in [-0.3, -0.25) is 4.99 Å². The Morgan fingerprint density at radius 2 is 1.24 bits per heavy atom. The molecule has 0 saturated carbocycles. The predicted molar refractivity (Wildman–Crippen MR) is 217 cm³/mol. The number of aliphatic imine (C=N–C) groups is 1. The van der Waals surface area contributed by atoms with Crippen LogP contribution in [0.15, 0.2) is 156 Å². The number of hydrogen-bond donors (Lipinski definition) is 0. The van der Waals surface area contributed by atoms with Crippen molar-refractivity contribution in [2.75, 3.05) is 0 Å². The van der Waals surface area contributed by atoms with E-state index in [2.05, 4.69) is 146 Å². The van der Waals surface area contributed by atoms with Gasteiger partial charge in [-0.05, 0) is 94.3 Å². The smallest absolute Gasteiger partial charge is 0.0780 e. The van der Waals surface area contributed by atoms with E-state index in [-0.39, 0.29) is 5.92 Å². The lowest BCUT2D eigenvalue weighted by Crippen LogP contribution is -2.16. The van der Waals surface area contributed by atoms with Crippen molar-refractivity contribution in [3.05, 3.63) is 179 Å². The molecule has 50 heavy (non-hydrogen) atoms. The topological polar surface area (TPSA) is 12.4 Å². The highest BCUT2D eigenvalue weighted by molar-refractivity contribution is 7.26. The second-order valence-electron chi connectivity index (χ2n) is 13.7. The highest BCUT2D eigenvalue weighted by Gasteiger charge is 2.31. The molecule has 1 atom stereocenters. The molecule has 2 aromatic heterocycles. The SMILES string of the molecule is C1=C(C2Cc3ccccc3-c3c2ccc2sc4ccccc4c32)N=C(c2ccc3sc4cc5ccccc5cc4c3c2)c2ccccc2CC1. The summed E-state index contributed by atoms with van der Waals surface area (Å²) in [5.74, 6) is 0.167. The summed E-state index contributed by atoms with van der Waals surface area (Å²) in [5, 5.41) is 7.96. The minimum absolute atomic E-state index is 0.167. The van der Waals surface area contributed by atoms with Crippen LogP contribution in [0.25, 0.3) is 62.2 Å². The molecule has 0 spiro atoms. The van der Waals surface area contributed by atoms with Gasteiger partial charge in [0.15, 0.2) is 0 Å². The van der Waals surface area contributed by atoms with Gasteiger partial charge in [-0.25, -0.2) is 0 Å². The van der Waals surface area contributed by atoms with E-state index in [0.717, 1.165) is 25.0 Å². The van der Waals surface area contributed by atoms with Crippen LogP contribution >= 0.6 is 22.7 Å². The maximum Gasteiger partial charge on any atom is 0.0780 e. The van der Waals surface area contributed by atoms with Crippen molar-refractivity contribution in [1.29, 1.82) is 0 Å². The lowest BCUT2D eigenvalue weighted by atomic mass is 9.75. The van der Waals surface area contributed by atoms with E-state index in [9.17, 15) is 0 Å². The summed E-state index contributed by atoms with van der Waals surface area (Å²) in [7, 11) is 0. The Hall–Kier alpha value is -5.35. The largest absolute Gasteiger partial charge is 0.252 e. The molecule has 2 aliphatic rings. The Bertz CT molecular complexity index is 2920. The van der Waals surface area contributed by atoms with Crippen LogP contribution in [0.2, 0.25) is 0 Å². The van der Waals surface area contributed by atoms with Crippen LogP contribution in [0, 0.1) is 0 Å². The zero-order chi connectivity index (χ0) is 32.8. The average molecular weight is 674 g/mol. The number of allylic oxidation sites excluding steroid dienone is 2. The van der Waals surface area contributed by atoms with Crippen LogP contribution in [0.3, 0.4) is 0 Å². The maximum atomic E-state index is 5.78. The van der Waals surface area contributed by atoms with E-state index in [1.54, 1.807) is 0 Å². The van der Waals surface area contributed by atoms with Gasteiger partial charge < -0.3 is 0 Å². The van der Waals surface area contributed by atoms with Gasteiger partial charge in [0.25, 0.3) is 0 Å². The highest BCUT2D eigenvalue weighted by Crippen LogP contribution is 2.50. The zero-order valence-electron chi connectivity index (χ0n) is 27.3. The van der Waals surface area contributed by atoms with Crippen LogP contribution in [0.5, 0.6) is 0 Å². The van der Waals surface area contributed by atoms with E-state index >= 15 is 0 Å². The van der Waals surface area contributed by atoms with E-state index in [4.69, 9.17) is 4.99 Å². The average Bonchev–Trinajstić information content (AvgIpc) is 3.71. The lowest BCUT2D eigenvalue weighted by molar-refractivity contribution is 0.757. The van der Waals surface area contributed by atoms with Gasteiger partial charge in [0.2, 0.25) is 0 Å². The lowest BCUT2D eigenvalue weighted by Gasteiger charge is -2.30. The Morgan fingerprint density at radius 3 is 2.16 bits per heavy atom. The Labute approximate surface area is 298 Å². The number of rotatable bonds is 2. The molecule has 3 heteroatoms. The predicted octanol–water partition coefficient (Wildman–Crippen LogP) is 13.2. The third-order valence-corrected chi connectivity index (χ3v) is 13.2. The van der Waals surface area contributed by atoms with Crippen molar-refractivity contribution in [1.82, 2.24) is 0 Å². The number of nitrogens with zero attached hydrogens (tertiary/aromatic N) is 1. The molecular weight excluding hydrogens is 643 g/mol. The molecule has 0 saturated heterocycles. The Kier molecular flexibility index (Phi) is 6.31. The monoisotopic (exact) mass is 673 g/mol. The van der Waals surface area contributed by atoms with Crippen molar-refractivity contribution in [3.8, 4) is 11.1 Å². The van der Waals surface area contributed by atoms with Crippen LogP contribution in [-0.2, 0) is 12.8 Å². The van der Waals surface area contributed by atoms with Crippen molar-refractivity contribution in [2.24, 2.45) is 4.99 Å². The van der Waals surface area contributed by atoms with Gasteiger partial charge in [0.1, 0.15) is 0 Å². The summed E-state index contributed by atoms with van der Waals surface area (Å²) in [4.78, 5) is 5.78. The molecule has 1 nitrogen and oxygen atoms in total. The summed E-state index contributed by atoms with van der Waals surface area (Å²) in [6.45, 7) is 0. The van der Waals surface area contributed by atoms with Gasteiger partial charge in [-0.2, -0.15) is 0 Å². The number of thiophene rings is 2. The number of aryl methyl sites for hydroxylation is 1. The van der Waals surface area contributed by atoms with Gasteiger partial charge in [0, 0.05) is 63.1 Å². The van der Waals surface area contributed by atoms with Gasteiger partial charge in [-0.1, -0.05) is 109 Å². The summed E-state index contributed by atoms with van der Waals surface area (Å²) in [6.07, 6.45) is 5.36.